The minimum Gasteiger partial charge on any atom is -0.338 e. The number of rotatable bonds is 2. The van der Waals surface area contributed by atoms with E-state index in [1.54, 1.807) is 0 Å². The molecule has 1 aliphatic carbocycles. The molecule has 0 spiro atoms. The maximum atomic E-state index is 11.5. The third kappa shape index (κ3) is 2.35. The van der Waals surface area contributed by atoms with Gasteiger partial charge in [0.05, 0.1) is 6.04 Å². The number of nitrogens with one attached hydrogen (secondary N) is 2. The van der Waals surface area contributed by atoms with Crippen molar-refractivity contribution in [3.05, 3.63) is 35.4 Å². The number of benzene rings is 1. The van der Waals surface area contributed by atoms with Gasteiger partial charge in [-0.3, -0.25) is 0 Å². The minimum atomic E-state index is -0.0656. The quantitative estimate of drug-likeness (QED) is 0.786. The van der Waals surface area contributed by atoms with E-state index in [1.807, 2.05) is 13.0 Å². The number of aryl methyl sites for hydroxylation is 1. The summed E-state index contributed by atoms with van der Waals surface area (Å²) in [6.07, 6.45) is 3.31. The highest BCUT2D eigenvalue weighted by atomic mass is 16.2. The van der Waals surface area contributed by atoms with E-state index in [9.17, 15) is 4.79 Å². The molecule has 1 unspecified atom stereocenters. The number of carbonyl (C=O) groups is 1. The molecule has 0 heterocycles. The van der Waals surface area contributed by atoms with Crippen LogP contribution in [0.3, 0.4) is 0 Å². The van der Waals surface area contributed by atoms with Crippen LogP contribution >= 0.6 is 0 Å². The molecule has 1 aliphatic rings. The Kier molecular flexibility index (Phi) is 3.44. The van der Waals surface area contributed by atoms with Crippen LogP contribution in [0.25, 0.3) is 0 Å². The monoisotopic (exact) mass is 218 g/mol. The van der Waals surface area contributed by atoms with Gasteiger partial charge in [0.1, 0.15) is 0 Å². The van der Waals surface area contributed by atoms with Gasteiger partial charge in [-0.2, -0.15) is 0 Å². The van der Waals surface area contributed by atoms with Crippen molar-refractivity contribution in [2.24, 2.45) is 0 Å². The molecule has 3 nitrogen and oxygen atoms in total. The first-order valence-corrected chi connectivity index (χ1v) is 5.93. The van der Waals surface area contributed by atoms with Crippen molar-refractivity contribution in [3.63, 3.8) is 0 Å². The standard InChI is InChI=1S/C13H18N2O/c1-2-14-13(16)15-12-9-5-7-10-6-3-4-8-11(10)12/h3-4,6,8,12H,2,5,7,9H2,1H3,(H2,14,15,16). The van der Waals surface area contributed by atoms with Crippen LogP contribution in [0, 0.1) is 0 Å². The second kappa shape index (κ2) is 5.01. The van der Waals surface area contributed by atoms with Crippen LogP contribution in [0.2, 0.25) is 0 Å². The van der Waals surface area contributed by atoms with Crippen LogP contribution in [0.5, 0.6) is 0 Å². The van der Waals surface area contributed by atoms with Crippen molar-refractivity contribution in [2.75, 3.05) is 6.54 Å². The molecule has 1 aromatic carbocycles. The number of amides is 2. The van der Waals surface area contributed by atoms with Gasteiger partial charge >= 0.3 is 6.03 Å². The Morgan fingerprint density at radius 1 is 1.44 bits per heavy atom. The van der Waals surface area contributed by atoms with E-state index >= 15 is 0 Å². The fourth-order valence-corrected chi connectivity index (χ4v) is 2.27. The Hall–Kier alpha value is -1.51. The molecular formula is C13H18N2O. The molecule has 0 radical (unpaired) electrons. The van der Waals surface area contributed by atoms with Gasteiger partial charge in [-0.1, -0.05) is 24.3 Å². The van der Waals surface area contributed by atoms with Gasteiger partial charge in [0.25, 0.3) is 0 Å². The molecule has 2 rings (SSSR count). The Bertz CT molecular complexity index is 376. The highest BCUT2D eigenvalue weighted by Gasteiger charge is 2.20. The highest BCUT2D eigenvalue weighted by molar-refractivity contribution is 5.74. The van der Waals surface area contributed by atoms with E-state index in [0.29, 0.717) is 6.54 Å². The van der Waals surface area contributed by atoms with E-state index in [2.05, 4.69) is 28.8 Å². The van der Waals surface area contributed by atoms with Gasteiger partial charge in [0, 0.05) is 6.54 Å². The van der Waals surface area contributed by atoms with Crippen LogP contribution in [-0.2, 0) is 6.42 Å². The largest absolute Gasteiger partial charge is 0.338 e. The van der Waals surface area contributed by atoms with E-state index in [4.69, 9.17) is 0 Å². The first kappa shape index (κ1) is 11.0. The number of urea groups is 1. The van der Waals surface area contributed by atoms with E-state index in [1.165, 1.54) is 11.1 Å². The summed E-state index contributed by atoms with van der Waals surface area (Å²) in [5, 5.41) is 5.80. The summed E-state index contributed by atoms with van der Waals surface area (Å²) >= 11 is 0. The maximum absolute atomic E-state index is 11.5. The molecule has 1 aromatic rings. The molecule has 0 saturated carbocycles. The summed E-state index contributed by atoms with van der Waals surface area (Å²) in [4.78, 5) is 11.5. The molecule has 2 amide bonds. The molecule has 3 heteroatoms. The fourth-order valence-electron chi connectivity index (χ4n) is 2.27. The lowest BCUT2D eigenvalue weighted by Crippen LogP contribution is -2.38. The molecule has 86 valence electrons. The highest BCUT2D eigenvalue weighted by Crippen LogP contribution is 2.29. The number of hydrogen-bond acceptors (Lipinski definition) is 1. The lowest BCUT2D eigenvalue weighted by molar-refractivity contribution is 0.236. The predicted molar refractivity (Wildman–Crippen MR) is 64.3 cm³/mol. The summed E-state index contributed by atoms with van der Waals surface area (Å²) < 4.78 is 0. The van der Waals surface area contributed by atoms with Gasteiger partial charge in [0.2, 0.25) is 0 Å². The van der Waals surface area contributed by atoms with Crippen molar-refractivity contribution in [1.29, 1.82) is 0 Å². The minimum absolute atomic E-state index is 0.0656. The molecule has 1 atom stereocenters. The molecule has 0 aliphatic heterocycles. The lowest BCUT2D eigenvalue weighted by atomic mass is 9.88. The Morgan fingerprint density at radius 2 is 2.25 bits per heavy atom. The zero-order valence-corrected chi connectivity index (χ0v) is 9.62. The van der Waals surface area contributed by atoms with Gasteiger partial charge in [0.15, 0.2) is 0 Å². The van der Waals surface area contributed by atoms with E-state index in [0.717, 1.165) is 19.3 Å². The summed E-state index contributed by atoms with van der Waals surface area (Å²) in [6, 6.07) is 8.48. The molecule has 0 fully saturated rings. The average molecular weight is 218 g/mol. The number of carbonyl (C=O) groups excluding carboxylic acids is 1. The number of fused-ring (bicyclic) bond motifs is 1. The molecular weight excluding hydrogens is 200 g/mol. The van der Waals surface area contributed by atoms with Crippen LogP contribution in [0.4, 0.5) is 4.79 Å². The molecule has 0 bridgehead atoms. The lowest BCUT2D eigenvalue weighted by Gasteiger charge is -2.26. The van der Waals surface area contributed by atoms with E-state index < -0.39 is 0 Å². The molecule has 16 heavy (non-hydrogen) atoms. The second-order valence-corrected chi connectivity index (χ2v) is 4.15. The third-order valence-corrected chi connectivity index (χ3v) is 3.01. The first-order valence-electron chi connectivity index (χ1n) is 5.93. The zero-order valence-electron chi connectivity index (χ0n) is 9.62. The normalized spacial score (nSPS) is 18.7. The smallest absolute Gasteiger partial charge is 0.315 e. The van der Waals surface area contributed by atoms with Crippen LogP contribution in [0.15, 0.2) is 24.3 Å². The Morgan fingerprint density at radius 3 is 3.06 bits per heavy atom. The van der Waals surface area contributed by atoms with Crippen molar-refractivity contribution in [3.8, 4) is 0 Å². The molecule has 0 aromatic heterocycles. The summed E-state index contributed by atoms with van der Waals surface area (Å²) in [5.74, 6) is 0. The average Bonchev–Trinajstić information content (AvgIpc) is 2.30. The van der Waals surface area contributed by atoms with Crippen molar-refractivity contribution in [1.82, 2.24) is 10.6 Å². The summed E-state index contributed by atoms with van der Waals surface area (Å²) in [5.41, 5.74) is 2.65. The SMILES string of the molecule is CCNC(=O)NC1CCCc2ccccc21. The van der Waals surface area contributed by atoms with Gasteiger partial charge in [-0.15, -0.1) is 0 Å². The second-order valence-electron chi connectivity index (χ2n) is 4.15. The molecule has 2 N–H and O–H groups in total. The van der Waals surface area contributed by atoms with Crippen molar-refractivity contribution < 1.29 is 4.79 Å². The van der Waals surface area contributed by atoms with Gasteiger partial charge < -0.3 is 10.6 Å². The van der Waals surface area contributed by atoms with Gasteiger partial charge in [-0.05, 0) is 37.3 Å². The molecule has 0 saturated heterocycles. The topological polar surface area (TPSA) is 41.1 Å². The predicted octanol–water partition coefficient (Wildman–Crippen LogP) is 2.38. The first-order chi connectivity index (χ1) is 7.81. The van der Waals surface area contributed by atoms with Crippen molar-refractivity contribution in [2.45, 2.75) is 32.2 Å². The Labute approximate surface area is 96.2 Å². The van der Waals surface area contributed by atoms with Crippen LogP contribution in [-0.4, -0.2) is 12.6 Å². The number of hydrogen-bond donors (Lipinski definition) is 2. The zero-order chi connectivity index (χ0) is 11.4. The maximum Gasteiger partial charge on any atom is 0.315 e. The van der Waals surface area contributed by atoms with E-state index in [-0.39, 0.29) is 12.1 Å². The summed E-state index contributed by atoms with van der Waals surface area (Å²) in [6.45, 7) is 2.59. The Balaban J connectivity index is 2.10. The van der Waals surface area contributed by atoms with Gasteiger partial charge in [-0.25, -0.2) is 4.79 Å². The fraction of sp³-hybridized carbons (Fsp3) is 0.462. The third-order valence-electron chi connectivity index (χ3n) is 3.01. The van der Waals surface area contributed by atoms with Crippen LogP contribution < -0.4 is 10.6 Å². The van der Waals surface area contributed by atoms with Crippen LogP contribution in [0.1, 0.15) is 36.9 Å². The van der Waals surface area contributed by atoms with Crippen molar-refractivity contribution >= 4 is 6.03 Å². The summed E-state index contributed by atoms with van der Waals surface area (Å²) in [7, 11) is 0.